The van der Waals surface area contributed by atoms with E-state index in [1.54, 1.807) is 0 Å². The second kappa shape index (κ2) is 14.0. The van der Waals surface area contributed by atoms with Crippen LogP contribution in [0.2, 0.25) is 0 Å². The summed E-state index contributed by atoms with van der Waals surface area (Å²) in [5, 5.41) is 6.40. The van der Waals surface area contributed by atoms with Gasteiger partial charge in [0.2, 0.25) is 0 Å². The number of likely N-dealkylation sites (N-methyl/N-ethyl adjacent to an activating group) is 1. The number of piperazine rings is 1. The van der Waals surface area contributed by atoms with E-state index in [9.17, 15) is 4.79 Å². The highest BCUT2D eigenvalue weighted by Gasteiger charge is 2.19. The van der Waals surface area contributed by atoms with Crippen molar-refractivity contribution in [1.82, 2.24) is 20.4 Å². The molecule has 0 aliphatic carbocycles. The Balaban J connectivity index is 0.00000385. The summed E-state index contributed by atoms with van der Waals surface area (Å²) in [4.78, 5) is 24.1. The number of hydrogen-bond donors (Lipinski definition) is 2. The molecule has 3 rings (SSSR count). The number of rotatable bonds is 8. The van der Waals surface area contributed by atoms with Crippen LogP contribution < -0.4 is 15.5 Å². The average Bonchev–Trinajstić information content (AvgIpc) is 2.82. The summed E-state index contributed by atoms with van der Waals surface area (Å²) in [5.74, 6) is 0.891. The van der Waals surface area contributed by atoms with Crippen LogP contribution in [0.1, 0.15) is 22.8 Å². The fourth-order valence-corrected chi connectivity index (χ4v) is 3.71. The molecule has 0 atom stereocenters. The number of para-hydroxylation sites is 1. The van der Waals surface area contributed by atoms with Gasteiger partial charge in [0.05, 0.1) is 6.54 Å². The lowest BCUT2D eigenvalue weighted by atomic mass is 10.1. The molecule has 2 aromatic rings. The average molecular weight is 565 g/mol. The van der Waals surface area contributed by atoms with Gasteiger partial charge in [-0.2, -0.15) is 0 Å². The maximum atomic E-state index is 12.4. The molecule has 0 radical (unpaired) electrons. The summed E-state index contributed by atoms with van der Waals surface area (Å²) < 4.78 is 0. The van der Waals surface area contributed by atoms with E-state index in [2.05, 4.69) is 57.7 Å². The molecule has 1 saturated heterocycles. The summed E-state index contributed by atoms with van der Waals surface area (Å²) >= 11 is 0. The Hall–Kier alpha value is -2.33. The van der Waals surface area contributed by atoms with E-state index in [0.29, 0.717) is 18.7 Å². The van der Waals surface area contributed by atoms with E-state index < -0.39 is 0 Å². The number of carbonyl (C=O) groups is 1. The number of aliphatic imine (C=N–C) groups is 1. The standard InChI is InChI=1S/C25H36N6O.HI/c1-4-26-25(31-17-15-30(16-18-31)23-11-6-5-7-12-23)28-20-21-9-8-10-22(19-21)24(32)27-13-14-29(2)3;/h5-12,19H,4,13-18,20H2,1-3H3,(H,26,28)(H,27,32);1H. The summed E-state index contributed by atoms with van der Waals surface area (Å²) in [7, 11) is 3.99. The van der Waals surface area contributed by atoms with Crippen LogP contribution in [0, 0.1) is 0 Å². The molecule has 180 valence electrons. The van der Waals surface area contributed by atoms with Crippen molar-refractivity contribution in [3.63, 3.8) is 0 Å². The van der Waals surface area contributed by atoms with Gasteiger partial charge in [-0.1, -0.05) is 30.3 Å². The fourth-order valence-electron chi connectivity index (χ4n) is 3.71. The Bertz CT molecular complexity index is 881. The van der Waals surface area contributed by atoms with E-state index in [1.807, 2.05) is 43.3 Å². The van der Waals surface area contributed by atoms with Crippen LogP contribution in [0.3, 0.4) is 0 Å². The van der Waals surface area contributed by atoms with Gasteiger partial charge in [-0.25, -0.2) is 4.99 Å². The Morgan fingerprint density at radius 2 is 1.73 bits per heavy atom. The van der Waals surface area contributed by atoms with Gasteiger partial charge in [-0.15, -0.1) is 24.0 Å². The SMILES string of the molecule is CCNC(=NCc1cccc(C(=O)NCCN(C)C)c1)N1CCN(c2ccccc2)CC1.I. The molecular formula is C25H37IN6O. The van der Waals surface area contributed by atoms with Crippen molar-refractivity contribution >= 4 is 41.5 Å². The Kier molecular flexibility index (Phi) is 11.5. The van der Waals surface area contributed by atoms with Crippen LogP contribution in [-0.2, 0) is 6.54 Å². The Morgan fingerprint density at radius 1 is 1.00 bits per heavy atom. The predicted molar refractivity (Wildman–Crippen MR) is 148 cm³/mol. The van der Waals surface area contributed by atoms with E-state index in [4.69, 9.17) is 4.99 Å². The highest BCUT2D eigenvalue weighted by atomic mass is 127. The number of guanidine groups is 1. The highest BCUT2D eigenvalue weighted by molar-refractivity contribution is 14.0. The van der Waals surface area contributed by atoms with Gasteiger partial charge < -0.3 is 25.3 Å². The Labute approximate surface area is 215 Å². The van der Waals surface area contributed by atoms with Gasteiger partial charge in [0, 0.05) is 57.1 Å². The molecule has 2 N–H and O–H groups in total. The zero-order valence-electron chi connectivity index (χ0n) is 20.0. The normalized spacial score (nSPS) is 14.1. The van der Waals surface area contributed by atoms with Crippen molar-refractivity contribution in [3.8, 4) is 0 Å². The number of nitrogens with one attached hydrogen (secondary N) is 2. The summed E-state index contributed by atoms with van der Waals surface area (Å²) in [5.41, 5.74) is 2.98. The third kappa shape index (κ3) is 8.51. The molecular weight excluding hydrogens is 527 g/mol. The first kappa shape index (κ1) is 26.9. The molecule has 33 heavy (non-hydrogen) atoms. The monoisotopic (exact) mass is 564 g/mol. The zero-order valence-corrected chi connectivity index (χ0v) is 22.3. The number of benzene rings is 2. The van der Waals surface area contributed by atoms with E-state index >= 15 is 0 Å². The molecule has 1 fully saturated rings. The first-order valence-corrected chi connectivity index (χ1v) is 11.4. The molecule has 0 unspecified atom stereocenters. The number of halogens is 1. The second-order valence-electron chi connectivity index (χ2n) is 8.24. The minimum atomic E-state index is -0.0402. The molecule has 2 aromatic carbocycles. The van der Waals surface area contributed by atoms with Crippen molar-refractivity contribution in [2.45, 2.75) is 13.5 Å². The van der Waals surface area contributed by atoms with Crippen LogP contribution in [0.5, 0.6) is 0 Å². The van der Waals surface area contributed by atoms with Crippen molar-refractivity contribution in [3.05, 3.63) is 65.7 Å². The largest absolute Gasteiger partial charge is 0.368 e. The number of anilines is 1. The quantitative estimate of drug-likeness (QED) is 0.294. The minimum absolute atomic E-state index is 0. The summed E-state index contributed by atoms with van der Waals surface area (Å²) in [6.07, 6.45) is 0. The molecule has 0 saturated carbocycles. The van der Waals surface area contributed by atoms with Crippen molar-refractivity contribution in [1.29, 1.82) is 0 Å². The van der Waals surface area contributed by atoms with E-state index in [1.165, 1.54) is 5.69 Å². The topological polar surface area (TPSA) is 63.2 Å². The van der Waals surface area contributed by atoms with E-state index in [-0.39, 0.29) is 29.9 Å². The third-order valence-electron chi connectivity index (χ3n) is 5.48. The number of hydrogen-bond acceptors (Lipinski definition) is 4. The summed E-state index contributed by atoms with van der Waals surface area (Å²) in [6, 6.07) is 18.3. The molecule has 1 amide bonds. The van der Waals surface area contributed by atoms with Crippen LogP contribution in [0.4, 0.5) is 5.69 Å². The van der Waals surface area contributed by atoms with Gasteiger partial charge in [-0.3, -0.25) is 4.79 Å². The lowest BCUT2D eigenvalue weighted by molar-refractivity contribution is 0.0951. The van der Waals surface area contributed by atoms with Crippen molar-refractivity contribution in [2.75, 3.05) is 64.8 Å². The molecule has 7 nitrogen and oxygen atoms in total. The molecule has 0 bridgehead atoms. The van der Waals surface area contributed by atoms with Gasteiger partial charge in [0.1, 0.15) is 0 Å². The first-order valence-electron chi connectivity index (χ1n) is 11.4. The van der Waals surface area contributed by atoms with Crippen molar-refractivity contribution < 1.29 is 4.79 Å². The molecule has 1 aliphatic rings. The predicted octanol–water partition coefficient (Wildman–Crippen LogP) is 2.88. The van der Waals surface area contributed by atoms with Crippen molar-refractivity contribution in [2.24, 2.45) is 4.99 Å². The number of nitrogens with zero attached hydrogens (tertiary/aromatic N) is 4. The first-order chi connectivity index (χ1) is 15.6. The molecule has 8 heteroatoms. The van der Waals surface area contributed by atoms with Crippen LogP contribution >= 0.6 is 24.0 Å². The van der Waals surface area contributed by atoms with Gasteiger partial charge >= 0.3 is 0 Å². The maximum absolute atomic E-state index is 12.4. The number of amides is 1. The van der Waals surface area contributed by atoms with Gasteiger partial charge in [0.25, 0.3) is 5.91 Å². The number of carbonyl (C=O) groups excluding carboxylic acids is 1. The molecule has 1 heterocycles. The lowest BCUT2D eigenvalue weighted by Gasteiger charge is -2.37. The van der Waals surface area contributed by atoms with Crippen LogP contribution in [-0.4, -0.2) is 81.6 Å². The highest BCUT2D eigenvalue weighted by Crippen LogP contribution is 2.16. The molecule has 0 aromatic heterocycles. The Morgan fingerprint density at radius 3 is 2.39 bits per heavy atom. The van der Waals surface area contributed by atoms with Gasteiger partial charge in [-0.05, 0) is 50.8 Å². The third-order valence-corrected chi connectivity index (χ3v) is 5.48. The van der Waals surface area contributed by atoms with E-state index in [0.717, 1.165) is 50.8 Å². The lowest BCUT2D eigenvalue weighted by Crippen LogP contribution is -2.52. The fraction of sp³-hybridized carbons (Fsp3) is 0.440. The van der Waals surface area contributed by atoms with Gasteiger partial charge in [0.15, 0.2) is 5.96 Å². The summed E-state index contributed by atoms with van der Waals surface area (Å²) in [6.45, 7) is 8.70. The minimum Gasteiger partial charge on any atom is -0.368 e. The second-order valence-corrected chi connectivity index (χ2v) is 8.24. The molecule has 1 aliphatic heterocycles. The maximum Gasteiger partial charge on any atom is 0.251 e. The zero-order chi connectivity index (χ0) is 22.8. The smallest absolute Gasteiger partial charge is 0.251 e. The van der Waals surface area contributed by atoms with Crippen LogP contribution in [0.25, 0.3) is 0 Å². The molecule has 0 spiro atoms. The van der Waals surface area contributed by atoms with Crippen LogP contribution in [0.15, 0.2) is 59.6 Å².